The fourth-order valence-corrected chi connectivity index (χ4v) is 4.08. The smallest absolute Gasteiger partial charge is 0.255 e. The van der Waals surface area contributed by atoms with E-state index in [-0.39, 0.29) is 23.6 Å². The van der Waals surface area contributed by atoms with Gasteiger partial charge in [-0.15, -0.1) is 0 Å². The molecular weight excluding hydrogens is 380 g/mol. The third kappa shape index (κ3) is 2.95. The second kappa shape index (κ2) is 6.88. The Morgan fingerprint density at radius 1 is 1.23 bits per heavy atom. The normalized spacial score (nSPS) is 15.8. The van der Waals surface area contributed by atoms with Crippen LogP contribution < -0.4 is 5.32 Å². The van der Waals surface area contributed by atoms with Gasteiger partial charge in [0.15, 0.2) is 0 Å². The van der Waals surface area contributed by atoms with Gasteiger partial charge in [0.25, 0.3) is 5.91 Å². The summed E-state index contributed by atoms with van der Waals surface area (Å²) >= 11 is 0. The van der Waals surface area contributed by atoms with Crippen molar-refractivity contribution in [3.8, 4) is 5.75 Å². The summed E-state index contributed by atoms with van der Waals surface area (Å²) in [6.45, 7) is 5.05. The van der Waals surface area contributed by atoms with Crippen LogP contribution in [-0.2, 0) is 11.3 Å². The Labute approximate surface area is 173 Å². The Morgan fingerprint density at radius 2 is 2.03 bits per heavy atom. The molecule has 0 unspecified atom stereocenters. The van der Waals surface area contributed by atoms with Crippen molar-refractivity contribution in [3.05, 3.63) is 72.4 Å². The third-order valence-corrected chi connectivity index (χ3v) is 5.72. The van der Waals surface area contributed by atoms with Crippen molar-refractivity contribution < 1.29 is 14.7 Å². The van der Waals surface area contributed by atoms with E-state index in [0.29, 0.717) is 31.0 Å². The molecule has 2 N–H and O–H groups in total. The Balaban J connectivity index is 1.37. The lowest BCUT2D eigenvalue weighted by atomic mass is 10.1. The van der Waals surface area contributed by atoms with Gasteiger partial charge in [0.2, 0.25) is 5.91 Å². The monoisotopic (exact) mass is 400 g/mol. The Hall–Kier alpha value is -3.87. The largest absolute Gasteiger partial charge is 0.508 e. The molecule has 3 aromatic rings. The second-order valence-corrected chi connectivity index (χ2v) is 7.60. The number of benzene rings is 2. The van der Waals surface area contributed by atoms with Crippen LogP contribution in [0.2, 0.25) is 0 Å². The van der Waals surface area contributed by atoms with Crippen LogP contribution in [0.1, 0.15) is 15.9 Å². The van der Waals surface area contributed by atoms with E-state index >= 15 is 0 Å². The van der Waals surface area contributed by atoms with E-state index in [1.807, 2.05) is 24.3 Å². The van der Waals surface area contributed by atoms with Crippen LogP contribution in [0.15, 0.2) is 61.3 Å². The van der Waals surface area contributed by atoms with Crippen LogP contribution in [0.3, 0.4) is 0 Å². The minimum Gasteiger partial charge on any atom is -0.508 e. The number of carbonyl (C=O) groups is 2. The Bertz CT molecular complexity index is 1200. The zero-order valence-corrected chi connectivity index (χ0v) is 16.2. The van der Waals surface area contributed by atoms with E-state index in [1.165, 1.54) is 6.08 Å². The number of hydrogen-bond donors (Lipinski definition) is 2. The number of amides is 2. The molecule has 1 fully saturated rings. The first-order valence-electron chi connectivity index (χ1n) is 9.73. The van der Waals surface area contributed by atoms with E-state index in [1.54, 1.807) is 34.2 Å². The first-order valence-corrected chi connectivity index (χ1v) is 9.73. The SMILES string of the molecule is C=CC(=O)N1CC(N2Cc3cnc(Nc4cc(O)cc5ccccc45)cc3C2=O)C1. The molecule has 2 aromatic carbocycles. The lowest BCUT2D eigenvalue weighted by molar-refractivity contribution is -0.132. The maximum Gasteiger partial charge on any atom is 0.255 e. The van der Waals surface area contributed by atoms with Crippen molar-refractivity contribution in [1.29, 1.82) is 0 Å². The number of carbonyl (C=O) groups excluding carboxylic acids is 2. The summed E-state index contributed by atoms with van der Waals surface area (Å²) in [5, 5.41) is 15.1. The molecule has 2 amide bonds. The van der Waals surface area contributed by atoms with E-state index in [2.05, 4.69) is 16.9 Å². The standard InChI is InChI=1S/C23H20N4O3/c1-2-22(29)26-12-16(13-26)27-11-15-10-24-21(9-19(15)23(27)30)25-20-8-17(28)7-14-5-3-4-6-18(14)20/h2-10,16,28H,1,11-13H2,(H,24,25). The molecule has 0 bridgehead atoms. The molecule has 5 rings (SSSR count). The van der Waals surface area contributed by atoms with Gasteiger partial charge in [-0.3, -0.25) is 9.59 Å². The molecule has 2 aliphatic heterocycles. The molecule has 1 saturated heterocycles. The molecule has 1 aromatic heterocycles. The summed E-state index contributed by atoms with van der Waals surface area (Å²) < 4.78 is 0. The highest BCUT2D eigenvalue weighted by Gasteiger charge is 2.40. The van der Waals surface area contributed by atoms with E-state index < -0.39 is 0 Å². The highest BCUT2D eigenvalue weighted by Crippen LogP contribution is 2.33. The molecule has 0 aliphatic carbocycles. The van der Waals surface area contributed by atoms with Crippen molar-refractivity contribution in [3.63, 3.8) is 0 Å². The van der Waals surface area contributed by atoms with Gasteiger partial charge in [0.05, 0.1) is 11.7 Å². The number of likely N-dealkylation sites (tertiary alicyclic amines) is 1. The van der Waals surface area contributed by atoms with Gasteiger partial charge in [-0.25, -0.2) is 4.98 Å². The van der Waals surface area contributed by atoms with Gasteiger partial charge >= 0.3 is 0 Å². The molecule has 3 heterocycles. The fraction of sp³-hybridized carbons (Fsp3) is 0.174. The van der Waals surface area contributed by atoms with Crippen LogP contribution in [0.5, 0.6) is 5.75 Å². The highest BCUT2D eigenvalue weighted by molar-refractivity contribution is 6.00. The maximum atomic E-state index is 13.0. The number of aromatic nitrogens is 1. The molecular formula is C23H20N4O3. The fourth-order valence-electron chi connectivity index (χ4n) is 4.08. The second-order valence-electron chi connectivity index (χ2n) is 7.60. The van der Waals surface area contributed by atoms with Gasteiger partial charge in [-0.1, -0.05) is 30.8 Å². The Morgan fingerprint density at radius 3 is 2.83 bits per heavy atom. The first-order chi connectivity index (χ1) is 14.5. The number of phenols is 1. The van der Waals surface area contributed by atoms with Crippen LogP contribution in [-0.4, -0.2) is 50.8 Å². The number of nitrogens with zero attached hydrogens (tertiary/aromatic N) is 3. The third-order valence-electron chi connectivity index (χ3n) is 5.72. The number of phenolic OH excluding ortho intramolecular Hbond substituents is 1. The topological polar surface area (TPSA) is 85.8 Å². The molecule has 150 valence electrons. The molecule has 0 atom stereocenters. The van der Waals surface area contributed by atoms with Gasteiger partial charge in [-0.05, 0) is 23.6 Å². The quantitative estimate of drug-likeness (QED) is 0.658. The predicted molar refractivity (Wildman–Crippen MR) is 114 cm³/mol. The number of rotatable bonds is 4. The summed E-state index contributed by atoms with van der Waals surface area (Å²) in [6.07, 6.45) is 3.01. The van der Waals surface area contributed by atoms with Crippen molar-refractivity contribution in [2.45, 2.75) is 12.6 Å². The molecule has 2 aliphatic rings. The lowest BCUT2D eigenvalue weighted by Gasteiger charge is -2.43. The molecule has 0 saturated carbocycles. The number of anilines is 2. The summed E-state index contributed by atoms with van der Waals surface area (Å²) in [4.78, 5) is 32.5. The average Bonchev–Trinajstić information content (AvgIpc) is 3.02. The van der Waals surface area contributed by atoms with Crippen LogP contribution >= 0.6 is 0 Å². The van der Waals surface area contributed by atoms with Gasteiger partial charge in [-0.2, -0.15) is 0 Å². The van der Waals surface area contributed by atoms with Crippen LogP contribution in [0, 0.1) is 0 Å². The zero-order valence-electron chi connectivity index (χ0n) is 16.2. The predicted octanol–water partition coefficient (Wildman–Crippen LogP) is 3.04. The van der Waals surface area contributed by atoms with E-state index in [9.17, 15) is 14.7 Å². The first kappa shape index (κ1) is 18.2. The van der Waals surface area contributed by atoms with Gasteiger partial charge in [0, 0.05) is 48.4 Å². The summed E-state index contributed by atoms with van der Waals surface area (Å²) in [5.41, 5.74) is 2.21. The van der Waals surface area contributed by atoms with Crippen LogP contribution in [0.4, 0.5) is 11.5 Å². The summed E-state index contributed by atoms with van der Waals surface area (Å²) in [7, 11) is 0. The molecule has 0 spiro atoms. The number of aromatic hydroxyl groups is 1. The van der Waals surface area contributed by atoms with Gasteiger partial charge < -0.3 is 20.2 Å². The van der Waals surface area contributed by atoms with Gasteiger partial charge in [0.1, 0.15) is 11.6 Å². The minimum absolute atomic E-state index is 0.0141. The van der Waals surface area contributed by atoms with E-state index in [4.69, 9.17) is 0 Å². The Kier molecular flexibility index (Phi) is 4.17. The average molecular weight is 400 g/mol. The van der Waals surface area contributed by atoms with Crippen molar-refractivity contribution in [2.75, 3.05) is 18.4 Å². The zero-order chi connectivity index (χ0) is 20.8. The van der Waals surface area contributed by atoms with E-state index in [0.717, 1.165) is 22.0 Å². The molecule has 30 heavy (non-hydrogen) atoms. The molecule has 0 radical (unpaired) electrons. The van der Waals surface area contributed by atoms with Crippen LogP contribution in [0.25, 0.3) is 10.8 Å². The summed E-state index contributed by atoms with van der Waals surface area (Å²) in [6, 6.07) is 12.8. The number of hydrogen-bond acceptors (Lipinski definition) is 5. The lowest BCUT2D eigenvalue weighted by Crippen LogP contribution is -2.60. The number of fused-ring (bicyclic) bond motifs is 2. The minimum atomic E-state index is -0.109. The number of nitrogens with one attached hydrogen (secondary N) is 1. The maximum absolute atomic E-state index is 13.0. The van der Waals surface area contributed by atoms with Crippen molar-refractivity contribution in [2.24, 2.45) is 0 Å². The molecule has 7 heteroatoms. The van der Waals surface area contributed by atoms with Crippen molar-refractivity contribution >= 4 is 34.1 Å². The van der Waals surface area contributed by atoms with Crippen molar-refractivity contribution in [1.82, 2.24) is 14.8 Å². The number of pyridine rings is 1. The summed E-state index contributed by atoms with van der Waals surface area (Å²) in [5.74, 6) is 0.536. The highest BCUT2D eigenvalue weighted by atomic mass is 16.3. The molecule has 7 nitrogen and oxygen atoms in total.